The number of nitrogens with two attached hydrogens (primary N) is 1. The molecule has 0 saturated heterocycles. The summed E-state index contributed by atoms with van der Waals surface area (Å²) in [6.07, 6.45) is 4.17. The fourth-order valence-corrected chi connectivity index (χ4v) is 3.96. The smallest absolute Gasteiger partial charge is 0.181 e. The lowest BCUT2D eigenvalue weighted by atomic mass is 9.72. The molecule has 0 spiro atoms. The Labute approximate surface area is 93.3 Å². The van der Waals surface area contributed by atoms with Gasteiger partial charge in [-0.1, -0.05) is 24.7 Å². The van der Waals surface area contributed by atoms with E-state index in [0.717, 1.165) is 5.69 Å². The number of thioether (sulfide) groups is 1. The minimum Gasteiger partial charge on any atom is -0.375 e. The zero-order chi connectivity index (χ0) is 10.2. The highest BCUT2D eigenvalue weighted by atomic mass is 32.2. The fraction of sp³-hybridized carbons (Fsp3) is 0.700. The lowest BCUT2D eigenvalue weighted by Gasteiger charge is -2.37. The Kier molecular flexibility index (Phi) is 2.75. The molecule has 0 aliphatic heterocycles. The molecule has 2 nitrogen and oxygen atoms in total. The minimum atomic E-state index is 0.579. The third-order valence-corrected chi connectivity index (χ3v) is 5.67. The molecule has 2 N–H and O–H groups in total. The molecule has 0 radical (unpaired) electrons. The topological polar surface area (TPSA) is 38.9 Å². The third-order valence-electron chi connectivity index (χ3n) is 2.88. The largest absolute Gasteiger partial charge is 0.375 e. The fourth-order valence-electron chi connectivity index (χ4n) is 1.70. The van der Waals surface area contributed by atoms with Crippen molar-refractivity contribution in [2.24, 2.45) is 5.41 Å². The Hall–Kier alpha value is -0.220. The van der Waals surface area contributed by atoms with Crippen LogP contribution in [0.25, 0.3) is 0 Å². The van der Waals surface area contributed by atoms with Crippen molar-refractivity contribution in [2.45, 2.75) is 37.3 Å². The molecular weight excluding hydrogens is 212 g/mol. The molecule has 14 heavy (non-hydrogen) atoms. The summed E-state index contributed by atoms with van der Waals surface area (Å²) in [4.78, 5) is 4.23. The Morgan fingerprint density at radius 3 is 2.71 bits per heavy atom. The van der Waals surface area contributed by atoms with E-state index in [-0.39, 0.29) is 0 Å². The van der Waals surface area contributed by atoms with Crippen LogP contribution >= 0.6 is 23.1 Å². The first-order chi connectivity index (χ1) is 6.59. The molecule has 1 aromatic rings. The van der Waals surface area contributed by atoms with Crippen LogP contribution in [0.15, 0.2) is 4.21 Å². The first-order valence-corrected chi connectivity index (χ1v) is 6.75. The second-order valence-electron chi connectivity index (χ2n) is 4.38. The number of rotatable bonds is 3. The van der Waals surface area contributed by atoms with Gasteiger partial charge in [0.1, 0.15) is 0 Å². The van der Waals surface area contributed by atoms with Gasteiger partial charge in [0.25, 0.3) is 0 Å². The molecule has 1 heterocycles. The van der Waals surface area contributed by atoms with Gasteiger partial charge in [0.05, 0.1) is 9.90 Å². The van der Waals surface area contributed by atoms with E-state index in [1.807, 2.05) is 18.7 Å². The van der Waals surface area contributed by atoms with Crippen molar-refractivity contribution in [3.05, 3.63) is 5.69 Å². The highest BCUT2D eigenvalue weighted by Crippen LogP contribution is 2.45. The molecule has 0 bridgehead atoms. The highest BCUT2D eigenvalue weighted by molar-refractivity contribution is 8.01. The molecule has 1 saturated carbocycles. The summed E-state index contributed by atoms with van der Waals surface area (Å²) >= 11 is 3.55. The summed E-state index contributed by atoms with van der Waals surface area (Å²) in [7, 11) is 0. The predicted molar refractivity (Wildman–Crippen MR) is 63.9 cm³/mol. The summed E-state index contributed by atoms with van der Waals surface area (Å²) in [5.41, 5.74) is 7.34. The first kappa shape index (κ1) is 10.3. The number of hydrogen-bond acceptors (Lipinski definition) is 4. The van der Waals surface area contributed by atoms with Gasteiger partial charge in [-0.2, -0.15) is 0 Å². The lowest BCUT2D eigenvalue weighted by Crippen LogP contribution is -2.27. The van der Waals surface area contributed by atoms with E-state index in [9.17, 15) is 0 Å². The van der Waals surface area contributed by atoms with E-state index in [1.54, 1.807) is 11.3 Å². The maximum Gasteiger partial charge on any atom is 0.181 e. The first-order valence-electron chi connectivity index (χ1n) is 4.95. The molecule has 0 atom stereocenters. The van der Waals surface area contributed by atoms with Gasteiger partial charge in [0.15, 0.2) is 5.13 Å². The summed E-state index contributed by atoms with van der Waals surface area (Å²) in [6.45, 7) is 4.42. The van der Waals surface area contributed by atoms with Crippen LogP contribution in [0, 0.1) is 12.3 Å². The molecule has 0 aromatic carbocycles. The van der Waals surface area contributed by atoms with Crippen LogP contribution in [0.4, 0.5) is 5.13 Å². The van der Waals surface area contributed by atoms with Crippen LogP contribution < -0.4 is 5.73 Å². The Balaban J connectivity index is 1.94. The van der Waals surface area contributed by atoms with E-state index in [0.29, 0.717) is 10.5 Å². The SMILES string of the molecule is Cc1nc(N)sc1SCC1(C)CCC1. The summed E-state index contributed by atoms with van der Waals surface area (Å²) in [5.74, 6) is 1.22. The van der Waals surface area contributed by atoms with E-state index >= 15 is 0 Å². The summed E-state index contributed by atoms with van der Waals surface area (Å²) in [5, 5.41) is 0.698. The summed E-state index contributed by atoms with van der Waals surface area (Å²) in [6, 6.07) is 0. The Morgan fingerprint density at radius 2 is 2.29 bits per heavy atom. The van der Waals surface area contributed by atoms with Crippen LogP contribution in [0.3, 0.4) is 0 Å². The number of hydrogen-bond donors (Lipinski definition) is 1. The van der Waals surface area contributed by atoms with Crippen molar-refractivity contribution >= 4 is 28.2 Å². The van der Waals surface area contributed by atoms with Crippen LogP contribution in [0.2, 0.25) is 0 Å². The van der Waals surface area contributed by atoms with Crippen LogP contribution in [-0.4, -0.2) is 10.7 Å². The maximum absolute atomic E-state index is 5.66. The van der Waals surface area contributed by atoms with Crippen molar-refractivity contribution in [3.63, 3.8) is 0 Å². The second kappa shape index (κ2) is 3.74. The average Bonchev–Trinajstić information content (AvgIpc) is 2.38. The van der Waals surface area contributed by atoms with Crippen LogP contribution in [-0.2, 0) is 0 Å². The third kappa shape index (κ3) is 2.06. The van der Waals surface area contributed by atoms with Crippen molar-refractivity contribution < 1.29 is 0 Å². The van der Waals surface area contributed by atoms with Crippen LogP contribution in [0.1, 0.15) is 31.9 Å². The number of aromatic nitrogens is 1. The molecule has 1 aliphatic rings. The normalized spacial score (nSPS) is 19.3. The molecule has 4 heteroatoms. The Morgan fingerprint density at radius 1 is 1.57 bits per heavy atom. The molecule has 1 aromatic heterocycles. The molecule has 78 valence electrons. The average molecular weight is 228 g/mol. The number of aryl methyl sites for hydroxylation is 1. The predicted octanol–water partition coefficient (Wildman–Crippen LogP) is 3.32. The van der Waals surface area contributed by atoms with Crippen molar-refractivity contribution in [3.8, 4) is 0 Å². The van der Waals surface area contributed by atoms with Gasteiger partial charge >= 0.3 is 0 Å². The highest BCUT2D eigenvalue weighted by Gasteiger charge is 2.31. The van der Waals surface area contributed by atoms with Gasteiger partial charge in [0, 0.05) is 5.75 Å². The van der Waals surface area contributed by atoms with Gasteiger partial charge in [0.2, 0.25) is 0 Å². The van der Waals surface area contributed by atoms with E-state index in [1.165, 1.54) is 29.2 Å². The van der Waals surface area contributed by atoms with Crippen LogP contribution in [0.5, 0.6) is 0 Å². The van der Waals surface area contributed by atoms with Gasteiger partial charge in [-0.05, 0) is 25.2 Å². The standard InChI is InChI=1S/C10H16N2S2/c1-7-8(14-9(11)12-7)13-6-10(2)4-3-5-10/h3-6H2,1-2H3,(H2,11,12). The lowest BCUT2D eigenvalue weighted by molar-refractivity contribution is 0.198. The van der Waals surface area contributed by atoms with Gasteiger partial charge < -0.3 is 5.73 Å². The molecule has 1 fully saturated rings. The Bertz CT molecular complexity index is 329. The molecular formula is C10H16N2S2. The van der Waals surface area contributed by atoms with E-state index < -0.39 is 0 Å². The van der Waals surface area contributed by atoms with Crippen molar-refractivity contribution in [2.75, 3.05) is 11.5 Å². The molecule has 2 rings (SSSR count). The summed E-state index contributed by atoms with van der Waals surface area (Å²) < 4.78 is 1.30. The monoisotopic (exact) mass is 228 g/mol. The van der Waals surface area contributed by atoms with Gasteiger partial charge in [-0.3, -0.25) is 0 Å². The minimum absolute atomic E-state index is 0.579. The van der Waals surface area contributed by atoms with E-state index in [2.05, 4.69) is 11.9 Å². The van der Waals surface area contributed by atoms with E-state index in [4.69, 9.17) is 5.73 Å². The zero-order valence-electron chi connectivity index (χ0n) is 8.67. The molecule has 0 unspecified atom stereocenters. The zero-order valence-corrected chi connectivity index (χ0v) is 10.3. The number of thiazole rings is 1. The van der Waals surface area contributed by atoms with Gasteiger partial charge in [-0.25, -0.2) is 4.98 Å². The number of anilines is 1. The number of nitrogens with zero attached hydrogens (tertiary/aromatic N) is 1. The molecule has 0 amide bonds. The maximum atomic E-state index is 5.66. The second-order valence-corrected chi connectivity index (χ2v) is 6.65. The quantitative estimate of drug-likeness (QED) is 0.807. The number of nitrogen functional groups attached to an aromatic ring is 1. The van der Waals surface area contributed by atoms with Gasteiger partial charge in [-0.15, -0.1) is 11.8 Å². The van der Waals surface area contributed by atoms with Crippen molar-refractivity contribution in [1.29, 1.82) is 0 Å². The van der Waals surface area contributed by atoms with Crippen molar-refractivity contribution in [1.82, 2.24) is 4.98 Å². The molecule has 1 aliphatic carbocycles.